The number of aryl methyl sites for hydroxylation is 4. The Morgan fingerprint density at radius 1 is 0.670 bits per heavy atom. The van der Waals surface area contributed by atoms with Crippen molar-refractivity contribution < 1.29 is 40.0 Å². The number of anilines is 1. The monoisotopic (exact) mass is 1210 g/mol. The Morgan fingerprint density at radius 3 is 1.62 bits per heavy atom. The Balaban J connectivity index is 0.000000309. The van der Waals surface area contributed by atoms with Gasteiger partial charge in [-0.3, -0.25) is 39.5 Å². The van der Waals surface area contributed by atoms with E-state index in [2.05, 4.69) is 77.1 Å². The summed E-state index contributed by atoms with van der Waals surface area (Å²) in [6, 6.07) is 56.2. The maximum atomic E-state index is 14.8. The molecule has 88 heavy (non-hydrogen) atoms. The summed E-state index contributed by atoms with van der Waals surface area (Å²) in [5.41, 5.74) is 18.4. The highest BCUT2D eigenvalue weighted by atomic mass is 35.5. The number of aliphatic hydroxyl groups excluding tert-OH is 1. The molecule has 1 aliphatic carbocycles. The van der Waals surface area contributed by atoms with Gasteiger partial charge in [-0.1, -0.05) is 151 Å². The molecule has 1 saturated carbocycles. The summed E-state index contributed by atoms with van der Waals surface area (Å²) < 4.78 is 25.5. The number of carbonyl (C=O) groups is 3. The number of nitrogen functional groups attached to an aromatic ring is 1. The van der Waals surface area contributed by atoms with Crippen LogP contribution in [0.5, 0.6) is 5.75 Å². The van der Waals surface area contributed by atoms with Gasteiger partial charge in [0.2, 0.25) is 5.91 Å². The lowest BCUT2D eigenvalue weighted by Gasteiger charge is -2.16. The molecule has 6 aromatic carbocycles. The second-order valence-electron chi connectivity index (χ2n) is 20.1. The van der Waals surface area contributed by atoms with Crippen LogP contribution < -0.4 is 16.0 Å². The number of alkyl halides is 1. The smallest absolute Gasteiger partial charge is 0.312 e. The third-order valence-electron chi connectivity index (χ3n) is 14.2. The first-order valence-electron chi connectivity index (χ1n) is 28.8. The molecule has 2 atom stereocenters. The van der Waals surface area contributed by atoms with E-state index in [1.165, 1.54) is 41.7 Å². The van der Waals surface area contributed by atoms with Crippen molar-refractivity contribution in [3.8, 4) is 5.75 Å². The van der Waals surface area contributed by atoms with E-state index < -0.39 is 29.0 Å². The number of hydroxylamine groups is 1. The summed E-state index contributed by atoms with van der Waals surface area (Å²) >= 11 is 5.91. The molecule has 0 spiro atoms. The molecule has 5 N–H and O–H groups in total. The lowest BCUT2D eigenvalue weighted by Crippen LogP contribution is -2.30. The number of hydrogen-bond acceptors (Lipinski definition) is 12. The van der Waals surface area contributed by atoms with Gasteiger partial charge in [-0.05, 0) is 141 Å². The van der Waals surface area contributed by atoms with Crippen molar-refractivity contribution in [1.29, 1.82) is 0 Å². The minimum Gasteiger partial charge on any atom is -0.486 e. The van der Waals surface area contributed by atoms with E-state index in [4.69, 9.17) is 32.0 Å². The normalized spacial score (nSPS) is 13.4. The van der Waals surface area contributed by atoms with Crippen LogP contribution in [0.1, 0.15) is 101 Å². The predicted octanol–water partition coefficient (Wildman–Crippen LogP) is 15.3. The highest BCUT2D eigenvalue weighted by Gasteiger charge is 2.64. The molecule has 16 heteroatoms. The van der Waals surface area contributed by atoms with E-state index in [0.717, 1.165) is 111 Å². The SMILES string of the molecule is C.CC/C=C/C=O.CCc1cc(CCl)c2ccccc2n1.CCc1cc(CO)c2ccccc2n1.CCc1cc(COc2ccc(C[C@]3(C(=O)OC)CC3C(=O)NO)cc2F)c2ccccc2n1.CCc1ccc2ccccc2n1.Nc1ccccc1.[2HH].[B]. The molecule has 0 bridgehead atoms. The number of aromatic nitrogens is 4. The van der Waals surface area contributed by atoms with E-state index in [9.17, 15) is 23.9 Å². The Kier molecular flexibility index (Phi) is 30.1. The maximum absolute atomic E-state index is 14.8. The molecule has 1 amide bonds. The fourth-order valence-electron chi connectivity index (χ4n) is 9.49. The number of nitrogens with one attached hydrogen (secondary N) is 1. The zero-order valence-electron chi connectivity index (χ0n) is 50.3. The Labute approximate surface area is 525 Å². The first kappa shape index (κ1) is 71.6. The maximum Gasteiger partial charge on any atom is 0.312 e. The summed E-state index contributed by atoms with van der Waals surface area (Å²) in [7, 11) is 1.24. The van der Waals surface area contributed by atoms with E-state index >= 15 is 0 Å². The number of aldehydes is 1. The minimum absolute atomic E-state index is 0. The van der Waals surface area contributed by atoms with Crippen LogP contribution in [0.3, 0.4) is 0 Å². The Morgan fingerprint density at radius 2 is 1.16 bits per heavy atom. The van der Waals surface area contributed by atoms with Gasteiger partial charge in [0.1, 0.15) is 12.9 Å². The number of para-hydroxylation sites is 5. The Bertz CT molecular complexity index is 3780. The summed E-state index contributed by atoms with van der Waals surface area (Å²) in [5, 5.41) is 22.5. The molecule has 1 aliphatic rings. The number of esters is 1. The first-order chi connectivity index (χ1) is 41.8. The van der Waals surface area contributed by atoms with Gasteiger partial charge in [0.25, 0.3) is 0 Å². The number of methoxy groups -OCH3 is 1. The molecule has 459 valence electrons. The third kappa shape index (κ3) is 20.1. The second-order valence-corrected chi connectivity index (χ2v) is 20.3. The summed E-state index contributed by atoms with van der Waals surface area (Å²) in [6.45, 7) is 10.6. The van der Waals surface area contributed by atoms with Gasteiger partial charge in [0, 0.05) is 71.3 Å². The van der Waals surface area contributed by atoms with Crippen LogP contribution in [0.25, 0.3) is 43.6 Å². The predicted molar refractivity (Wildman–Crippen MR) is 358 cm³/mol. The fraction of sp³-hybridized carbons (Fsp3) is 0.264. The average molecular weight is 1210 g/mol. The van der Waals surface area contributed by atoms with Crippen molar-refractivity contribution in [2.45, 2.75) is 106 Å². The van der Waals surface area contributed by atoms with Gasteiger partial charge in [0.15, 0.2) is 11.6 Å². The van der Waals surface area contributed by atoms with Crippen molar-refractivity contribution in [3.05, 3.63) is 239 Å². The number of hydrogen-bond donors (Lipinski definition) is 4. The molecule has 10 aromatic rings. The van der Waals surface area contributed by atoms with Crippen molar-refractivity contribution in [1.82, 2.24) is 25.4 Å². The number of nitrogens with two attached hydrogens (primary N) is 1. The minimum atomic E-state index is -1.11. The van der Waals surface area contributed by atoms with E-state index in [-0.39, 0.29) is 49.1 Å². The number of amides is 1. The molecule has 4 heterocycles. The number of ether oxygens (including phenoxy) is 2. The second kappa shape index (κ2) is 37.0. The average Bonchev–Trinajstić information content (AvgIpc) is 1.60. The van der Waals surface area contributed by atoms with Gasteiger partial charge in [-0.25, -0.2) is 9.87 Å². The first-order valence-corrected chi connectivity index (χ1v) is 29.3. The number of rotatable bonds is 15. The van der Waals surface area contributed by atoms with Crippen LogP contribution in [-0.4, -0.2) is 63.9 Å². The molecule has 11 rings (SSSR count). The van der Waals surface area contributed by atoms with Crippen LogP contribution in [-0.2, 0) is 70.3 Å². The molecule has 13 nitrogen and oxygen atoms in total. The van der Waals surface area contributed by atoms with Gasteiger partial charge in [0.05, 0.1) is 47.1 Å². The number of allylic oxidation sites excluding steroid dienone is 2. The number of nitrogens with zero attached hydrogens (tertiary/aromatic N) is 4. The molecule has 0 saturated heterocycles. The summed E-state index contributed by atoms with van der Waals surface area (Å²) in [5.74, 6) is -1.86. The van der Waals surface area contributed by atoms with Crippen LogP contribution in [0.2, 0.25) is 0 Å². The quantitative estimate of drug-likeness (QED) is 0.0111. The van der Waals surface area contributed by atoms with E-state index in [0.29, 0.717) is 11.4 Å². The highest BCUT2D eigenvalue weighted by molar-refractivity contribution is 6.18. The van der Waals surface area contributed by atoms with E-state index in [1.54, 1.807) is 11.5 Å². The van der Waals surface area contributed by atoms with Crippen molar-refractivity contribution in [2.24, 2.45) is 11.3 Å². The Hall–Kier alpha value is -8.89. The third-order valence-corrected chi connectivity index (χ3v) is 14.5. The fourth-order valence-corrected chi connectivity index (χ4v) is 9.72. The van der Waals surface area contributed by atoms with Crippen LogP contribution in [0, 0.1) is 17.2 Å². The highest BCUT2D eigenvalue weighted by Crippen LogP contribution is 2.56. The van der Waals surface area contributed by atoms with Gasteiger partial charge in [-0.15, -0.1) is 11.6 Å². The zero-order chi connectivity index (χ0) is 61.8. The molecule has 1 fully saturated rings. The van der Waals surface area contributed by atoms with Crippen molar-refractivity contribution in [2.75, 3.05) is 12.8 Å². The summed E-state index contributed by atoms with van der Waals surface area (Å²) in [6.07, 6.45) is 9.01. The largest absolute Gasteiger partial charge is 0.486 e. The topological polar surface area (TPSA) is 200 Å². The van der Waals surface area contributed by atoms with Crippen molar-refractivity contribution >= 4 is 87.5 Å². The number of halogens is 2. The number of aliphatic hydroxyl groups is 1. The van der Waals surface area contributed by atoms with Crippen LogP contribution in [0.15, 0.2) is 188 Å². The number of benzene rings is 6. The molecule has 4 aromatic heterocycles. The number of carbonyl (C=O) groups excluding carboxylic acids is 3. The number of fused-ring (bicyclic) bond motifs is 4. The zero-order valence-corrected chi connectivity index (χ0v) is 51.0. The molecular weight excluding hydrogens is 1130 g/mol. The number of pyridine rings is 4. The molecular formula is C72H82BClFN6O7. The van der Waals surface area contributed by atoms with Crippen molar-refractivity contribution in [3.63, 3.8) is 0 Å². The van der Waals surface area contributed by atoms with Crippen LogP contribution in [0.4, 0.5) is 10.1 Å². The lowest BCUT2D eigenvalue weighted by molar-refractivity contribution is -0.149. The lowest BCUT2D eigenvalue weighted by atomic mass is 9.93. The van der Waals surface area contributed by atoms with Gasteiger partial charge < -0.3 is 20.3 Å². The summed E-state index contributed by atoms with van der Waals surface area (Å²) in [4.78, 5) is 51.7. The molecule has 1 unspecified atom stereocenters. The molecule has 0 aliphatic heterocycles. The van der Waals surface area contributed by atoms with Crippen LogP contribution >= 0.6 is 11.6 Å². The van der Waals surface area contributed by atoms with E-state index in [1.807, 2.05) is 141 Å². The van der Waals surface area contributed by atoms with Gasteiger partial charge in [-0.2, -0.15) is 0 Å². The standard InChI is InChI=1S/C25H25FN2O5.C12H12ClN.C12H13NO.C11H11N.C6H7N.C5H8O.CH4.B.H2/c1-3-17-11-16(18-6-4-5-7-21(18)27-17)14-33-22-9-8-15(10-20(22)26)12-25(24(30)32-2)13-19(25)23(29)28-31;1-2-10-7-9(8-13)11-5-3-4-6-12(11)14-10;1-2-10-7-9(8-14)11-5-3-4-6-12(11)13-10;1-2-10-8-7-9-5-3-4-6-11(9)12-10;7-6-4-2-1-3-5-6;1-2-3-4-5-6;;;/h4-11,19,31H,3,12-14H2,1-2H3,(H,28,29);3-7H,2,8H2,1H3;3-7,14H,2,8H2,1H3;3-8H,2H2,1H3;1-5H,7H2;3-5H,2H2,1H3;1H4;;1H/b;;;;;4-3+;;;/t19?,25-;;;;;;;;/m0......../s1/i;;;;;;;;1+1. The molecule has 3 radical (unpaired) electrons. The van der Waals surface area contributed by atoms with Gasteiger partial charge >= 0.3 is 5.97 Å².